The van der Waals surface area contributed by atoms with Crippen molar-refractivity contribution in [2.24, 2.45) is 0 Å². The summed E-state index contributed by atoms with van der Waals surface area (Å²) in [5.74, 6) is 0.874. The zero-order valence-corrected chi connectivity index (χ0v) is 12.9. The van der Waals surface area contributed by atoms with Gasteiger partial charge in [0.25, 0.3) is 0 Å². The molecular weight excluding hydrogens is 270 g/mol. The van der Waals surface area contributed by atoms with Crippen molar-refractivity contribution < 1.29 is 4.74 Å². The topological polar surface area (TPSA) is 22.1 Å². The smallest absolute Gasteiger partial charge is 0.129 e. The molecule has 3 aromatic rings. The molecule has 1 aromatic heterocycles. The number of ether oxygens (including phenoxy) is 1. The van der Waals surface area contributed by atoms with Gasteiger partial charge in [-0.25, -0.2) is 0 Å². The first-order valence-electron chi connectivity index (χ1n) is 7.54. The monoisotopic (exact) mass is 289 g/mol. The van der Waals surface area contributed by atoms with Crippen LogP contribution in [0.3, 0.4) is 0 Å². The fraction of sp³-hybridized carbons (Fsp3) is 0.150. The largest absolute Gasteiger partial charge is 0.493 e. The van der Waals surface area contributed by atoms with E-state index in [1.807, 2.05) is 43.5 Å². The third-order valence-electron chi connectivity index (χ3n) is 3.61. The molecule has 0 aliphatic heterocycles. The van der Waals surface area contributed by atoms with Gasteiger partial charge in [0.05, 0.1) is 17.9 Å². The van der Waals surface area contributed by atoms with Crippen molar-refractivity contribution in [1.82, 2.24) is 4.98 Å². The third-order valence-corrected chi connectivity index (χ3v) is 3.61. The molecule has 0 amide bonds. The standard InChI is InChI=1S/C20H19NO/c1-3-22-19-9-6-7-17(16-12-10-15(2)11-13-16)20(19)18-8-4-5-14-21-18/h4-14H,3H2,1-2H3. The highest BCUT2D eigenvalue weighted by Crippen LogP contribution is 2.38. The van der Waals surface area contributed by atoms with E-state index in [-0.39, 0.29) is 0 Å². The second-order valence-electron chi connectivity index (χ2n) is 5.19. The van der Waals surface area contributed by atoms with Gasteiger partial charge < -0.3 is 4.74 Å². The summed E-state index contributed by atoms with van der Waals surface area (Å²) < 4.78 is 5.84. The number of nitrogens with zero attached hydrogens (tertiary/aromatic N) is 1. The van der Waals surface area contributed by atoms with Crippen molar-refractivity contribution in [1.29, 1.82) is 0 Å². The lowest BCUT2D eigenvalue weighted by atomic mass is 9.96. The second-order valence-corrected chi connectivity index (χ2v) is 5.19. The summed E-state index contributed by atoms with van der Waals surface area (Å²) in [6.45, 7) is 4.73. The lowest BCUT2D eigenvalue weighted by Crippen LogP contribution is -1.97. The van der Waals surface area contributed by atoms with E-state index >= 15 is 0 Å². The predicted molar refractivity (Wildman–Crippen MR) is 91.0 cm³/mol. The minimum atomic E-state index is 0.636. The molecule has 0 spiro atoms. The van der Waals surface area contributed by atoms with Gasteiger partial charge in [0.2, 0.25) is 0 Å². The minimum Gasteiger partial charge on any atom is -0.493 e. The van der Waals surface area contributed by atoms with E-state index in [2.05, 4.69) is 42.2 Å². The first kappa shape index (κ1) is 14.3. The summed E-state index contributed by atoms with van der Waals surface area (Å²) in [5.41, 5.74) is 5.55. The molecule has 2 nitrogen and oxygen atoms in total. The molecular formula is C20H19NO. The van der Waals surface area contributed by atoms with Crippen LogP contribution in [0.25, 0.3) is 22.4 Å². The molecule has 0 aliphatic rings. The Bertz CT molecular complexity index is 748. The average molecular weight is 289 g/mol. The third kappa shape index (κ3) is 2.86. The number of benzene rings is 2. The highest BCUT2D eigenvalue weighted by atomic mass is 16.5. The first-order valence-corrected chi connectivity index (χ1v) is 7.54. The quantitative estimate of drug-likeness (QED) is 0.665. The fourth-order valence-electron chi connectivity index (χ4n) is 2.56. The van der Waals surface area contributed by atoms with Crippen LogP contribution in [0.2, 0.25) is 0 Å². The van der Waals surface area contributed by atoms with Crippen molar-refractivity contribution in [3.8, 4) is 28.1 Å². The van der Waals surface area contributed by atoms with Crippen molar-refractivity contribution >= 4 is 0 Å². The molecule has 0 bridgehead atoms. The Morgan fingerprint density at radius 1 is 0.909 bits per heavy atom. The van der Waals surface area contributed by atoms with E-state index in [1.54, 1.807) is 0 Å². The van der Waals surface area contributed by atoms with Crippen LogP contribution in [-0.4, -0.2) is 11.6 Å². The summed E-state index contributed by atoms with van der Waals surface area (Å²) in [6.07, 6.45) is 1.82. The Balaban J connectivity index is 2.21. The van der Waals surface area contributed by atoms with Gasteiger partial charge in [-0.3, -0.25) is 4.98 Å². The summed E-state index contributed by atoms with van der Waals surface area (Å²) in [5, 5.41) is 0. The van der Waals surface area contributed by atoms with Gasteiger partial charge in [0.15, 0.2) is 0 Å². The number of aryl methyl sites for hydroxylation is 1. The van der Waals surface area contributed by atoms with Crippen LogP contribution >= 0.6 is 0 Å². The molecule has 0 fully saturated rings. The van der Waals surface area contributed by atoms with E-state index < -0.39 is 0 Å². The second kappa shape index (κ2) is 6.44. The van der Waals surface area contributed by atoms with E-state index in [9.17, 15) is 0 Å². The molecule has 22 heavy (non-hydrogen) atoms. The molecule has 0 aliphatic carbocycles. The van der Waals surface area contributed by atoms with Gasteiger partial charge in [-0.1, -0.05) is 48.0 Å². The van der Waals surface area contributed by atoms with Crippen molar-refractivity contribution in [3.05, 3.63) is 72.4 Å². The van der Waals surface area contributed by atoms with Gasteiger partial charge in [-0.05, 0) is 43.2 Å². The van der Waals surface area contributed by atoms with E-state index in [4.69, 9.17) is 4.74 Å². The molecule has 1 heterocycles. The van der Waals surface area contributed by atoms with Crippen LogP contribution in [0.4, 0.5) is 0 Å². The van der Waals surface area contributed by atoms with Crippen molar-refractivity contribution in [2.45, 2.75) is 13.8 Å². The maximum atomic E-state index is 5.84. The van der Waals surface area contributed by atoms with E-state index in [0.29, 0.717) is 6.61 Å². The molecule has 0 saturated heterocycles. The first-order chi connectivity index (χ1) is 10.8. The normalized spacial score (nSPS) is 10.5. The zero-order chi connectivity index (χ0) is 15.4. The summed E-state index contributed by atoms with van der Waals surface area (Å²) in [4.78, 5) is 4.52. The van der Waals surface area contributed by atoms with Crippen LogP contribution in [0.15, 0.2) is 66.9 Å². The Morgan fingerprint density at radius 3 is 2.41 bits per heavy atom. The van der Waals surface area contributed by atoms with Crippen LogP contribution in [0, 0.1) is 6.92 Å². The zero-order valence-electron chi connectivity index (χ0n) is 12.9. The summed E-state index contributed by atoms with van der Waals surface area (Å²) in [6, 6.07) is 20.7. The Kier molecular flexibility index (Phi) is 4.19. The van der Waals surface area contributed by atoms with E-state index in [0.717, 1.165) is 22.6 Å². The molecule has 0 saturated carbocycles. The minimum absolute atomic E-state index is 0.636. The number of hydrogen-bond donors (Lipinski definition) is 0. The van der Waals surface area contributed by atoms with Crippen molar-refractivity contribution in [2.75, 3.05) is 6.61 Å². The Labute approximate surface area is 131 Å². The Hall–Kier alpha value is -2.61. The SMILES string of the molecule is CCOc1cccc(-c2ccc(C)cc2)c1-c1ccccn1. The van der Waals surface area contributed by atoms with Gasteiger partial charge in [0.1, 0.15) is 5.75 Å². The highest BCUT2D eigenvalue weighted by Gasteiger charge is 2.14. The summed E-state index contributed by atoms with van der Waals surface area (Å²) >= 11 is 0. The van der Waals surface area contributed by atoms with Crippen LogP contribution in [0.5, 0.6) is 5.75 Å². The highest BCUT2D eigenvalue weighted by molar-refractivity contribution is 5.86. The maximum absolute atomic E-state index is 5.84. The number of aromatic nitrogens is 1. The van der Waals surface area contributed by atoms with Gasteiger partial charge in [-0.2, -0.15) is 0 Å². The molecule has 0 atom stereocenters. The lowest BCUT2D eigenvalue weighted by molar-refractivity contribution is 0.341. The van der Waals surface area contributed by atoms with Gasteiger partial charge >= 0.3 is 0 Å². The van der Waals surface area contributed by atoms with Crippen LogP contribution < -0.4 is 4.74 Å². The lowest BCUT2D eigenvalue weighted by Gasteiger charge is -2.15. The van der Waals surface area contributed by atoms with Crippen LogP contribution in [-0.2, 0) is 0 Å². The molecule has 0 unspecified atom stereocenters. The van der Waals surface area contributed by atoms with Gasteiger partial charge in [-0.15, -0.1) is 0 Å². The van der Waals surface area contributed by atoms with Crippen LogP contribution in [0.1, 0.15) is 12.5 Å². The molecule has 3 rings (SSSR count). The molecule has 0 N–H and O–H groups in total. The fourth-order valence-corrected chi connectivity index (χ4v) is 2.56. The Morgan fingerprint density at radius 2 is 1.73 bits per heavy atom. The molecule has 110 valence electrons. The van der Waals surface area contributed by atoms with E-state index in [1.165, 1.54) is 11.1 Å². The predicted octanol–water partition coefficient (Wildman–Crippen LogP) is 5.12. The number of hydrogen-bond acceptors (Lipinski definition) is 2. The molecule has 2 heteroatoms. The molecule has 2 aromatic carbocycles. The summed E-state index contributed by atoms with van der Waals surface area (Å²) in [7, 11) is 0. The maximum Gasteiger partial charge on any atom is 0.129 e. The van der Waals surface area contributed by atoms with Gasteiger partial charge in [0, 0.05) is 6.20 Å². The van der Waals surface area contributed by atoms with Crippen molar-refractivity contribution in [3.63, 3.8) is 0 Å². The average Bonchev–Trinajstić information content (AvgIpc) is 2.56. The number of rotatable bonds is 4. The number of pyridine rings is 1. The molecule has 0 radical (unpaired) electrons.